The lowest BCUT2D eigenvalue weighted by molar-refractivity contribution is 0.732. The number of allylic oxidation sites excluding steroid dienone is 4. The van der Waals surface area contributed by atoms with E-state index >= 15 is 0 Å². The first-order valence-electron chi connectivity index (χ1n) is 5.13. The van der Waals surface area contributed by atoms with Crippen molar-refractivity contribution in [2.45, 2.75) is 37.9 Å². The molecule has 0 aromatic carbocycles. The summed E-state index contributed by atoms with van der Waals surface area (Å²) >= 11 is 0. The van der Waals surface area contributed by atoms with E-state index in [4.69, 9.17) is 5.73 Å². The summed E-state index contributed by atoms with van der Waals surface area (Å²) in [4.78, 5) is 0. The van der Waals surface area contributed by atoms with Crippen molar-refractivity contribution in [1.82, 2.24) is 0 Å². The summed E-state index contributed by atoms with van der Waals surface area (Å²) in [6.07, 6.45) is 8.90. The minimum absolute atomic E-state index is 0.109. The second kappa shape index (κ2) is 3.32. The van der Waals surface area contributed by atoms with Crippen molar-refractivity contribution in [2.24, 2.45) is 5.73 Å². The number of hydrogen-bond acceptors (Lipinski definition) is 1. The molecule has 2 rings (SSSR count). The van der Waals surface area contributed by atoms with Crippen molar-refractivity contribution in [3.8, 4) is 0 Å². The van der Waals surface area contributed by atoms with Crippen molar-refractivity contribution in [2.75, 3.05) is 0 Å². The minimum Gasteiger partial charge on any atom is -0.327 e. The van der Waals surface area contributed by atoms with Crippen molar-refractivity contribution in [3.63, 3.8) is 0 Å². The highest BCUT2D eigenvalue weighted by Crippen LogP contribution is 2.39. The molecule has 0 heterocycles. The molecule has 0 aromatic heterocycles. The van der Waals surface area contributed by atoms with Crippen LogP contribution in [-0.4, -0.2) is 11.2 Å². The molecule has 0 saturated heterocycles. The molecule has 0 bridgehead atoms. The van der Waals surface area contributed by atoms with Crippen LogP contribution in [-0.2, 0) is 0 Å². The average molecular weight is 207 g/mol. The molecule has 3 atom stereocenters. The Kier molecular flexibility index (Phi) is 2.41. The van der Waals surface area contributed by atoms with E-state index in [9.17, 15) is 0 Å². The van der Waals surface area contributed by atoms with Crippen molar-refractivity contribution < 1.29 is 0 Å². The predicted octanol–water partition coefficient (Wildman–Crippen LogP) is 2.55. The van der Waals surface area contributed by atoms with Crippen LogP contribution in [0.3, 0.4) is 0 Å². The highest BCUT2D eigenvalue weighted by molar-refractivity contribution is 7.19. The minimum atomic E-state index is 0.109. The number of hydrogen-bond donors (Lipinski definition) is 1. The van der Waals surface area contributed by atoms with Crippen LogP contribution in [0.5, 0.6) is 0 Å². The van der Waals surface area contributed by atoms with Crippen LogP contribution in [0.25, 0.3) is 0 Å². The number of fused-ring (bicyclic) bond motifs is 1. The lowest BCUT2D eigenvalue weighted by Gasteiger charge is -2.21. The second-order valence-corrected chi connectivity index (χ2v) is 5.86. The zero-order valence-electron chi connectivity index (χ0n) is 8.88. The zero-order valence-corrected chi connectivity index (χ0v) is 10.0. The normalized spacial score (nSPS) is 36.9. The maximum absolute atomic E-state index is 5.96. The van der Waals surface area contributed by atoms with Crippen LogP contribution in [0, 0.1) is 0 Å². The Balaban J connectivity index is 2.43. The molecule has 2 N–H and O–H groups in total. The monoisotopic (exact) mass is 207 g/mol. The van der Waals surface area contributed by atoms with Crippen LogP contribution < -0.4 is 5.73 Å². The number of rotatable bonds is 0. The second-order valence-electron chi connectivity index (χ2n) is 4.66. The fourth-order valence-electron chi connectivity index (χ4n) is 2.11. The molecule has 1 saturated carbocycles. The molecule has 76 valence electrons. The lowest BCUT2D eigenvalue weighted by atomic mass is 9.99. The molecule has 2 unspecified atom stereocenters. The van der Waals surface area contributed by atoms with Gasteiger partial charge in [0.25, 0.3) is 0 Å². The molecule has 14 heavy (non-hydrogen) atoms. The Hall–Kier alpha value is -0.390. The SMILES string of the molecule is CC1=CC=C2CC(N)CC2=C[C@]1(C)P. The van der Waals surface area contributed by atoms with Gasteiger partial charge in [0, 0.05) is 11.2 Å². The van der Waals surface area contributed by atoms with Crippen LogP contribution in [0.2, 0.25) is 0 Å². The molecule has 1 nitrogen and oxygen atoms in total. The first-order valence-corrected chi connectivity index (χ1v) is 5.71. The third-order valence-electron chi connectivity index (χ3n) is 3.23. The summed E-state index contributed by atoms with van der Waals surface area (Å²) in [5.74, 6) is 0. The maximum atomic E-state index is 5.96. The van der Waals surface area contributed by atoms with Crippen LogP contribution in [0.4, 0.5) is 0 Å². The Morgan fingerprint density at radius 3 is 2.71 bits per heavy atom. The Labute approximate surface area is 88.3 Å². The first-order chi connectivity index (χ1) is 6.49. The smallest absolute Gasteiger partial charge is 0.0212 e. The molecule has 0 aliphatic heterocycles. The molecule has 1 fully saturated rings. The fraction of sp³-hybridized carbons (Fsp3) is 0.500. The summed E-state index contributed by atoms with van der Waals surface area (Å²) in [6, 6.07) is 0.333. The van der Waals surface area contributed by atoms with Crippen molar-refractivity contribution in [3.05, 3.63) is 34.9 Å². The van der Waals surface area contributed by atoms with E-state index in [0.717, 1.165) is 12.8 Å². The molecule has 2 heteroatoms. The van der Waals surface area contributed by atoms with Gasteiger partial charge in [-0.15, -0.1) is 9.24 Å². The van der Waals surface area contributed by atoms with Gasteiger partial charge in [0.2, 0.25) is 0 Å². The van der Waals surface area contributed by atoms with Gasteiger partial charge >= 0.3 is 0 Å². The summed E-state index contributed by atoms with van der Waals surface area (Å²) < 4.78 is 0. The third kappa shape index (κ3) is 1.71. The van der Waals surface area contributed by atoms with Gasteiger partial charge < -0.3 is 5.73 Å². The Bertz CT molecular complexity index is 347. The quantitative estimate of drug-likeness (QED) is 0.607. The molecule has 0 spiro atoms. The summed E-state index contributed by atoms with van der Waals surface area (Å²) in [7, 11) is 2.93. The van der Waals surface area contributed by atoms with Gasteiger partial charge in [-0.25, -0.2) is 0 Å². The van der Waals surface area contributed by atoms with Crippen LogP contribution in [0.15, 0.2) is 34.9 Å². The molecule has 0 amide bonds. The Morgan fingerprint density at radius 2 is 2.00 bits per heavy atom. The highest BCUT2D eigenvalue weighted by Gasteiger charge is 2.26. The van der Waals surface area contributed by atoms with E-state index in [1.807, 2.05) is 0 Å². The van der Waals surface area contributed by atoms with E-state index in [2.05, 4.69) is 41.3 Å². The van der Waals surface area contributed by atoms with Gasteiger partial charge in [0.05, 0.1) is 0 Å². The fourth-order valence-corrected chi connectivity index (χ4v) is 2.40. The van der Waals surface area contributed by atoms with Gasteiger partial charge in [0.15, 0.2) is 0 Å². The number of nitrogens with two attached hydrogens (primary N) is 1. The van der Waals surface area contributed by atoms with Crippen molar-refractivity contribution >= 4 is 9.24 Å². The zero-order chi connectivity index (χ0) is 10.3. The van der Waals surface area contributed by atoms with E-state index < -0.39 is 0 Å². The van der Waals surface area contributed by atoms with Crippen LogP contribution in [0.1, 0.15) is 26.7 Å². The average Bonchev–Trinajstić information content (AvgIpc) is 2.36. The lowest BCUT2D eigenvalue weighted by Crippen LogP contribution is -2.16. The molecule has 2 aliphatic carbocycles. The molecular weight excluding hydrogens is 189 g/mol. The highest BCUT2D eigenvalue weighted by atomic mass is 31.0. The molecule has 0 radical (unpaired) electrons. The summed E-state index contributed by atoms with van der Waals surface area (Å²) in [5.41, 5.74) is 10.2. The van der Waals surface area contributed by atoms with Crippen molar-refractivity contribution in [1.29, 1.82) is 0 Å². The van der Waals surface area contributed by atoms with E-state index in [-0.39, 0.29) is 5.16 Å². The third-order valence-corrected chi connectivity index (χ3v) is 3.86. The van der Waals surface area contributed by atoms with Crippen LogP contribution >= 0.6 is 9.24 Å². The van der Waals surface area contributed by atoms with E-state index in [1.165, 1.54) is 16.7 Å². The predicted molar refractivity (Wildman–Crippen MR) is 65.2 cm³/mol. The van der Waals surface area contributed by atoms with Gasteiger partial charge in [0.1, 0.15) is 0 Å². The first kappa shape index (κ1) is 10.1. The Morgan fingerprint density at radius 1 is 1.36 bits per heavy atom. The molecular formula is C12H18NP. The summed E-state index contributed by atoms with van der Waals surface area (Å²) in [6.45, 7) is 4.42. The topological polar surface area (TPSA) is 26.0 Å². The summed E-state index contributed by atoms with van der Waals surface area (Å²) in [5, 5.41) is 0.109. The maximum Gasteiger partial charge on any atom is 0.0212 e. The molecule has 0 aromatic rings. The van der Waals surface area contributed by atoms with Gasteiger partial charge in [-0.1, -0.05) is 23.8 Å². The van der Waals surface area contributed by atoms with Gasteiger partial charge in [-0.05, 0) is 37.8 Å². The van der Waals surface area contributed by atoms with Gasteiger partial charge in [-0.2, -0.15) is 0 Å². The van der Waals surface area contributed by atoms with Gasteiger partial charge in [-0.3, -0.25) is 0 Å². The molecule has 2 aliphatic rings. The van der Waals surface area contributed by atoms with E-state index in [0.29, 0.717) is 6.04 Å². The standard InChI is InChI=1S/C12H18NP/c1-8-3-4-9-5-11(13)6-10(9)7-12(8,2)14/h3-4,7,11H,5-6,13-14H2,1-2H3/t11?,12-/m0/s1. The van der Waals surface area contributed by atoms with E-state index in [1.54, 1.807) is 0 Å². The largest absolute Gasteiger partial charge is 0.327 e.